The molecule has 3 aliphatic heterocycles. The van der Waals surface area contributed by atoms with Gasteiger partial charge in [-0.05, 0) is 57.5 Å². The van der Waals surface area contributed by atoms with Gasteiger partial charge in [-0.3, -0.25) is 9.69 Å². The summed E-state index contributed by atoms with van der Waals surface area (Å²) < 4.78 is 5.22. The van der Waals surface area contributed by atoms with E-state index < -0.39 is 0 Å². The van der Waals surface area contributed by atoms with Crippen LogP contribution in [0.4, 0.5) is 11.6 Å². The first-order valence-corrected chi connectivity index (χ1v) is 15.2. The van der Waals surface area contributed by atoms with E-state index in [1.54, 1.807) is 0 Å². The maximum absolute atomic E-state index is 12.3. The Hall–Kier alpha value is -2.85. The molecule has 9 nitrogen and oxygen atoms in total. The number of rotatable bonds is 9. The number of aromatic nitrogens is 2. The van der Waals surface area contributed by atoms with Gasteiger partial charge in [-0.15, -0.1) is 0 Å². The van der Waals surface area contributed by atoms with Crippen molar-refractivity contribution in [1.29, 1.82) is 0 Å². The van der Waals surface area contributed by atoms with Gasteiger partial charge in [0.15, 0.2) is 0 Å². The molecular formula is C30H39Cl2N7O2. The summed E-state index contributed by atoms with van der Waals surface area (Å²) in [4.78, 5) is 30.7. The predicted molar refractivity (Wildman–Crippen MR) is 165 cm³/mol. The topological polar surface area (TPSA) is 91.1 Å². The summed E-state index contributed by atoms with van der Waals surface area (Å²) in [5.41, 5.74) is 9.37. The smallest absolute Gasteiger partial charge is 0.325 e. The third-order valence-corrected chi connectivity index (χ3v) is 8.91. The number of piperazine rings is 1. The zero-order chi connectivity index (χ0) is 28.9. The Bertz CT molecular complexity index is 1290. The molecule has 3 aliphatic rings. The Labute approximate surface area is 252 Å². The Kier molecular flexibility index (Phi) is 9.70. The van der Waals surface area contributed by atoms with Gasteiger partial charge in [-0.25, -0.2) is 9.97 Å². The van der Waals surface area contributed by atoms with Gasteiger partial charge in [0.1, 0.15) is 24.5 Å². The normalized spacial score (nSPS) is 20.8. The summed E-state index contributed by atoms with van der Waals surface area (Å²) in [5, 5.41) is 1.17. The van der Waals surface area contributed by atoms with Gasteiger partial charge in [0, 0.05) is 56.6 Å². The molecule has 0 bridgehead atoms. The van der Waals surface area contributed by atoms with Crippen LogP contribution in [-0.4, -0.2) is 95.6 Å². The molecule has 2 unspecified atom stereocenters. The van der Waals surface area contributed by atoms with Crippen LogP contribution < -0.4 is 10.6 Å². The summed E-state index contributed by atoms with van der Waals surface area (Å²) >= 11 is 12.7. The predicted octanol–water partition coefficient (Wildman–Crippen LogP) is 4.49. The van der Waals surface area contributed by atoms with Crippen LogP contribution in [0.15, 0.2) is 42.9 Å². The van der Waals surface area contributed by atoms with Crippen molar-refractivity contribution in [3.05, 3.63) is 64.1 Å². The molecule has 0 saturated carbocycles. The van der Waals surface area contributed by atoms with Crippen LogP contribution >= 0.6 is 23.2 Å². The molecule has 220 valence electrons. The van der Waals surface area contributed by atoms with Crippen molar-refractivity contribution in [3.8, 4) is 0 Å². The Morgan fingerprint density at radius 2 is 1.90 bits per heavy atom. The third-order valence-electron chi connectivity index (χ3n) is 8.17. The van der Waals surface area contributed by atoms with Crippen molar-refractivity contribution >= 4 is 46.4 Å². The molecule has 0 radical (unpaired) electrons. The van der Waals surface area contributed by atoms with E-state index in [9.17, 15) is 4.79 Å². The Balaban J connectivity index is 1.37. The fourth-order valence-electron chi connectivity index (χ4n) is 5.69. The summed E-state index contributed by atoms with van der Waals surface area (Å²) in [6, 6.07) is 6.37. The highest BCUT2D eigenvalue weighted by Gasteiger charge is 2.31. The number of nitrogen functional groups attached to an aromatic ring is 1. The monoisotopic (exact) mass is 599 g/mol. The molecular weight excluding hydrogens is 561 g/mol. The molecule has 2 fully saturated rings. The van der Waals surface area contributed by atoms with Gasteiger partial charge in [0.25, 0.3) is 0 Å². The van der Waals surface area contributed by atoms with Crippen molar-refractivity contribution < 1.29 is 9.53 Å². The lowest BCUT2D eigenvalue weighted by molar-refractivity contribution is -0.144. The molecule has 2 N–H and O–H groups in total. The van der Waals surface area contributed by atoms with Gasteiger partial charge < -0.3 is 25.2 Å². The van der Waals surface area contributed by atoms with Crippen LogP contribution in [0.3, 0.4) is 0 Å². The lowest BCUT2D eigenvalue weighted by atomic mass is 10.0. The highest BCUT2D eigenvalue weighted by Crippen LogP contribution is 2.35. The molecule has 4 heterocycles. The van der Waals surface area contributed by atoms with Crippen LogP contribution in [0.2, 0.25) is 10.0 Å². The maximum atomic E-state index is 12.3. The van der Waals surface area contributed by atoms with Crippen molar-refractivity contribution in [2.45, 2.75) is 38.8 Å². The number of nitrogens with zero attached hydrogens (tertiary/aromatic N) is 6. The van der Waals surface area contributed by atoms with E-state index in [0.717, 1.165) is 69.2 Å². The molecule has 41 heavy (non-hydrogen) atoms. The number of carbonyl (C=O) groups excluding carboxylic acids is 1. The van der Waals surface area contributed by atoms with E-state index in [1.807, 2.05) is 30.2 Å². The molecule has 2 saturated heterocycles. The van der Waals surface area contributed by atoms with Crippen LogP contribution in [0.25, 0.3) is 5.57 Å². The van der Waals surface area contributed by atoms with Crippen molar-refractivity contribution in [2.24, 2.45) is 0 Å². The first-order valence-electron chi connectivity index (χ1n) is 14.4. The minimum absolute atomic E-state index is 0.135. The van der Waals surface area contributed by atoms with Crippen LogP contribution in [0.5, 0.6) is 0 Å². The van der Waals surface area contributed by atoms with E-state index in [2.05, 4.69) is 44.8 Å². The third kappa shape index (κ3) is 6.97. The molecule has 11 heteroatoms. The van der Waals surface area contributed by atoms with Gasteiger partial charge in [-0.1, -0.05) is 41.4 Å². The number of nitrogens with two attached hydrogens (primary N) is 1. The highest BCUT2D eigenvalue weighted by molar-refractivity contribution is 6.42. The Morgan fingerprint density at radius 1 is 1.12 bits per heavy atom. The number of benzene rings is 1. The van der Waals surface area contributed by atoms with Gasteiger partial charge in [0.05, 0.1) is 22.2 Å². The lowest BCUT2D eigenvalue weighted by Gasteiger charge is -2.43. The molecule has 2 atom stereocenters. The summed E-state index contributed by atoms with van der Waals surface area (Å²) in [6.45, 7) is 11.0. The second-order valence-corrected chi connectivity index (χ2v) is 11.7. The minimum Gasteiger partial charge on any atom is -0.465 e. The summed E-state index contributed by atoms with van der Waals surface area (Å²) in [5.74, 6) is 0.984. The molecule has 0 aliphatic carbocycles. The average molecular weight is 601 g/mol. The van der Waals surface area contributed by atoms with Crippen LogP contribution in [0.1, 0.15) is 43.9 Å². The van der Waals surface area contributed by atoms with E-state index in [-0.39, 0.29) is 24.6 Å². The first-order chi connectivity index (χ1) is 19.8. The van der Waals surface area contributed by atoms with E-state index in [1.165, 1.54) is 18.3 Å². The molecule has 1 aromatic heterocycles. The fourth-order valence-corrected chi connectivity index (χ4v) is 6.00. The Morgan fingerprint density at radius 3 is 2.59 bits per heavy atom. The van der Waals surface area contributed by atoms with Gasteiger partial charge >= 0.3 is 5.97 Å². The van der Waals surface area contributed by atoms with Gasteiger partial charge in [0.2, 0.25) is 0 Å². The second-order valence-electron chi connectivity index (χ2n) is 10.9. The van der Waals surface area contributed by atoms with E-state index in [4.69, 9.17) is 38.7 Å². The van der Waals surface area contributed by atoms with Crippen LogP contribution in [-0.2, 0) is 9.53 Å². The minimum atomic E-state index is -0.250. The summed E-state index contributed by atoms with van der Waals surface area (Å²) in [6.07, 6.45) is 9.75. The zero-order valence-electron chi connectivity index (χ0n) is 23.8. The van der Waals surface area contributed by atoms with E-state index in [0.29, 0.717) is 22.5 Å². The zero-order valence-corrected chi connectivity index (χ0v) is 25.3. The molecule has 1 aromatic carbocycles. The number of hydrogen-bond donors (Lipinski definition) is 1. The van der Waals surface area contributed by atoms with Crippen LogP contribution in [0, 0.1) is 0 Å². The van der Waals surface area contributed by atoms with Gasteiger partial charge in [-0.2, -0.15) is 0 Å². The molecule has 5 rings (SSSR count). The largest absolute Gasteiger partial charge is 0.465 e. The number of likely N-dealkylation sites (tertiary alicyclic amines) is 1. The lowest BCUT2D eigenvalue weighted by Crippen LogP contribution is -2.51. The number of anilines is 2. The SMILES string of the molecule is CCOC(=O)CN1C=C(c2c(N)ncnc2N2CCN(C(CN3CCC3)c3ccc(Cl)c(Cl)c3)CC2)C=CCC1C. The molecule has 0 spiro atoms. The summed E-state index contributed by atoms with van der Waals surface area (Å²) in [7, 11) is 0. The first kappa shape index (κ1) is 29.6. The number of halogens is 2. The fraction of sp³-hybridized carbons (Fsp3) is 0.500. The highest BCUT2D eigenvalue weighted by atomic mass is 35.5. The van der Waals surface area contributed by atoms with Crippen molar-refractivity contribution in [2.75, 3.05) is 69.6 Å². The molecule has 0 amide bonds. The van der Waals surface area contributed by atoms with E-state index >= 15 is 0 Å². The number of esters is 1. The molecule has 2 aromatic rings. The quantitative estimate of drug-likeness (QED) is 0.418. The maximum Gasteiger partial charge on any atom is 0.325 e. The number of ether oxygens (including phenoxy) is 1. The van der Waals surface area contributed by atoms with Crippen molar-refractivity contribution in [3.63, 3.8) is 0 Å². The van der Waals surface area contributed by atoms with Crippen molar-refractivity contribution in [1.82, 2.24) is 24.7 Å². The average Bonchev–Trinajstić information content (AvgIpc) is 3.11. The standard InChI is InChI=1S/C30H39Cl2N7O2/c1-3-41-27(40)19-39-17-23(7-4-6-21(39)2)28-29(33)34-20-35-30(28)38-14-12-37(13-15-38)26(18-36-10-5-11-36)22-8-9-24(31)25(32)16-22/h4,7-9,16-17,20-21,26H,3,5-6,10-15,18-19H2,1-2H3,(H2,33,34,35). The number of carbonyl (C=O) groups is 1. The second kappa shape index (κ2) is 13.4. The number of allylic oxidation sites excluding steroid dienone is 2. The number of hydrogen-bond acceptors (Lipinski definition) is 9.